The minimum absolute atomic E-state index is 0.0943. The summed E-state index contributed by atoms with van der Waals surface area (Å²) in [4.78, 5) is 11.2. The summed E-state index contributed by atoms with van der Waals surface area (Å²) in [7, 11) is 0. The van der Waals surface area contributed by atoms with Crippen molar-refractivity contribution in [1.82, 2.24) is 0 Å². The van der Waals surface area contributed by atoms with Gasteiger partial charge in [0.15, 0.2) is 0 Å². The molecule has 0 spiro atoms. The zero-order valence-electron chi connectivity index (χ0n) is 7.43. The Morgan fingerprint density at radius 1 is 1.42 bits per heavy atom. The lowest BCUT2D eigenvalue weighted by atomic mass is 9.81. The Bertz CT molecular complexity index is 240. The van der Waals surface area contributed by atoms with E-state index in [1.165, 1.54) is 24.8 Å². The van der Waals surface area contributed by atoms with Crippen molar-refractivity contribution in [1.29, 1.82) is 0 Å². The molecule has 12 heavy (non-hydrogen) atoms. The molecule has 1 aliphatic carbocycles. The van der Waals surface area contributed by atoms with E-state index in [1.807, 2.05) is 6.92 Å². The van der Waals surface area contributed by atoms with Crippen molar-refractivity contribution >= 4 is 5.97 Å². The fourth-order valence-electron chi connectivity index (χ4n) is 2.18. The maximum Gasteiger partial charge on any atom is 0.333 e. The van der Waals surface area contributed by atoms with E-state index in [2.05, 4.69) is 0 Å². The Hall–Kier alpha value is -0.790. The second-order valence-electron chi connectivity index (χ2n) is 3.69. The highest BCUT2D eigenvalue weighted by atomic mass is 16.5. The van der Waals surface area contributed by atoms with Gasteiger partial charge in [0.25, 0.3) is 0 Å². The quantitative estimate of drug-likeness (QED) is 0.515. The highest BCUT2D eigenvalue weighted by molar-refractivity contribution is 5.89. The minimum Gasteiger partial charge on any atom is -0.462 e. The lowest BCUT2D eigenvalue weighted by Gasteiger charge is -2.30. The molecule has 2 rings (SSSR count). The van der Waals surface area contributed by atoms with Crippen molar-refractivity contribution in [2.45, 2.75) is 32.6 Å². The average Bonchev–Trinajstić information content (AvgIpc) is 2.12. The van der Waals surface area contributed by atoms with Gasteiger partial charge in [-0.15, -0.1) is 0 Å². The third kappa shape index (κ3) is 1.15. The molecule has 0 saturated heterocycles. The van der Waals surface area contributed by atoms with Crippen molar-refractivity contribution in [2.75, 3.05) is 6.61 Å². The molecular formula is C10H14O2. The Labute approximate surface area is 72.6 Å². The van der Waals surface area contributed by atoms with Crippen molar-refractivity contribution in [3.63, 3.8) is 0 Å². The Morgan fingerprint density at radius 2 is 2.25 bits per heavy atom. The summed E-state index contributed by atoms with van der Waals surface area (Å²) in [6.45, 7) is 2.53. The van der Waals surface area contributed by atoms with E-state index in [-0.39, 0.29) is 5.97 Å². The zero-order valence-corrected chi connectivity index (χ0v) is 7.43. The van der Waals surface area contributed by atoms with E-state index < -0.39 is 0 Å². The van der Waals surface area contributed by atoms with Crippen LogP contribution in [0, 0.1) is 5.92 Å². The van der Waals surface area contributed by atoms with Gasteiger partial charge in [-0.2, -0.15) is 0 Å². The van der Waals surface area contributed by atoms with Crippen molar-refractivity contribution in [3.05, 3.63) is 11.1 Å². The van der Waals surface area contributed by atoms with Crippen LogP contribution in [0.1, 0.15) is 32.6 Å². The molecule has 2 nitrogen and oxygen atoms in total. The first-order valence-electron chi connectivity index (χ1n) is 4.66. The van der Waals surface area contributed by atoms with Crippen LogP contribution in [0.3, 0.4) is 0 Å². The molecule has 0 unspecified atom stereocenters. The predicted molar refractivity (Wildman–Crippen MR) is 45.6 cm³/mol. The monoisotopic (exact) mass is 166 g/mol. The summed E-state index contributed by atoms with van der Waals surface area (Å²) < 4.78 is 5.06. The van der Waals surface area contributed by atoms with Crippen LogP contribution in [-0.2, 0) is 9.53 Å². The van der Waals surface area contributed by atoms with E-state index in [0.29, 0.717) is 12.5 Å². The van der Waals surface area contributed by atoms with E-state index >= 15 is 0 Å². The number of cyclic esters (lactones) is 1. The van der Waals surface area contributed by atoms with Crippen molar-refractivity contribution in [2.24, 2.45) is 5.92 Å². The molecule has 0 N–H and O–H groups in total. The highest BCUT2D eigenvalue weighted by Crippen LogP contribution is 2.34. The lowest BCUT2D eigenvalue weighted by molar-refractivity contribution is -0.141. The van der Waals surface area contributed by atoms with Gasteiger partial charge < -0.3 is 4.74 Å². The molecule has 0 bridgehead atoms. The molecule has 2 aliphatic rings. The van der Waals surface area contributed by atoms with E-state index in [1.54, 1.807) is 0 Å². The fraction of sp³-hybridized carbons (Fsp3) is 0.700. The van der Waals surface area contributed by atoms with Crippen LogP contribution >= 0.6 is 0 Å². The van der Waals surface area contributed by atoms with E-state index in [9.17, 15) is 4.79 Å². The number of hydrogen-bond acceptors (Lipinski definition) is 2. The van der Waals surface area contributed by atoms with Crippen LogP contribution in [0.5, 0.6) is 0 Å². The molecule has 0 amide bonds. The number of esters is 1. The first-order chi connectivity index (χ1) is 5.79. The lowest BCUT2D eigenvalue weighted by Crippen LogP contribution is -2.27. The highest BCUT2D eigenvalue weighted by Gasteiger charge is 2.28. The normalized spacial score (nSPS) is 29.8. The second kappa shape index (κ2) is 2.92. The summed E-state index contributed by atoms with van der Waals surface area (Å²) in [5.74, 6) is 0.458. The van der Waals surface area contributed by atoms with Gasteiger partial charge in [0.05, 0.1) is 6.61 Å². The van der Waals surface area contributed by atoms with Gasteiger partial charge >= 0.3 is 5.97 Å². The summed E-state index contributed by atoms with van der Waals surface area (Å²) in [5.41, 5.74) is 2.25. The molecule has 0 aromatic heterocycles. The van der Waals surface area contributed by atoms with Gasteiger partial charge in [-0.05, 0) is 26.2 Å². The van der Waals surface area contributed by atoms with Crippen LogP contribution in [0.15, 0.2) is 11.1 Å². The number of hydrogen-bond donors (Lipinski definition) is 0. The first-order valence-corrected chi connectivity index (χ1v) is 4.66. The van der Waals surface area contributed by atoms with E-state index in [4.69, 9.17) is 4.74 Å². The Morgan fingerprint density at radius 3 is 3.08 bits per heavy atom. The minimum atomic E-state index is -0.0943. The molecule has 0 aromatic rings. The molecule has 0 radical (unpaired) electrons. The molecule has 1 heterocycles. The topological polar surface area (TPSA) is 26.3 Å². The van der Waals surface area contributed by atoms with Gasteiger partial charge in [-0.1, -0.05) is 12.0 Å². The Balaban J connectivity index is 2.29. The molecular weight excluding hydrogens is 152 g/mol. The summed E-state index contributed by atoms with van der Waals surface area (Å²) in [6, 6.07) is 0. The number of carbonyl (C=O) groups is 1. The third-order valence-electron chi connectivity index (χ3n) is 2.94. The largest absolute Gasteiger partial charge is 0.462 e. The number of ether oxygens (including phenoxy) is 1. The molecule has 1 fully saturated rings. The summed E-state index contributed by atoms with van der Waals surface area (Å²) in [6.07, 6.45) is 4.86. The van der Waals surface area contributed by atoms with Crippen LogP contribution in [0.2, 0.25) is 0 Å². The van der Waals surface area contributed by atoms with Crippen LogP contribution in [0.4, 0.5) is 0 Å². The van der Waals surface area contributed by atoms with Crippen molar-refractivity contribution in [3.8, 4) is 0 Å². The molecule has 1 aliphatic heterocycles. The molecule has 2 heteroatoms. The summed E-state index contributed by atoms with van der Waals surface area (Å²) in [5, 5.41) is 0. The van der Waals surface area contributed by atoms with Crippen LogP contribution in [0.25, 0.3) is 0 Å². The smallest absolute Gasteiger partial charge is 0.333 e. The van der Waals surface area contributed by atoms with Gasteiger partial charge in [-0.3, -0.25) is 0 Å². The molecule has 66 valence electrons. The van der Waals surface area contributed by atoms with Gasteiger partial charge in [0.2, 0.25) is 0 Å². The summed E-state index contributed by atoms with van der Waals surface area (Å²) >= 11 is 0. The zero-order chi connectivity index (χ0) is 8.55. The van der Waals surface area contributed by atoms with E-state index in [0.717, 1.165) is 12.0 Å². The van der Waals surface area contributed by atoms with Crippen molar-refractivity contribution < 1.29 is 9.53 Å². The van der Waals surface area contributed by atoms with Gasteiger partial charge in [0.1, 0.15) is 0 Å². The molecule has 0 aromatic carbocycles. The van der Waals surface area contributed by atoms with Gasteiger partial charge in [-0.25, -0.2) is 4.79 Å². The standard InChI is InChI=1S/C10H14O2/c1-7-9-5-3-2-4-8(9)6-12-10(7)11/h8H,2-6H2,1H3/t8-/m0/s1. The number of rotatable bonds is 0. The van der Waals surface area contributed by atoms with Crippen LogP contribution < -0.4 is 0 Å². The maximum absolute atomic E-state index is 11.2. The molecule has 1 saturated carbocycles. The molecule has 1 atom stereocenters. The SMILES string of the molecule is CC1=C2CCCC[C@H]2COC1=O. The predicted octanol–water partition coefficient (Wildman–Crippen LogP) is 2.05. The maximum atomic E-state index is 11.2. The second-order valence-corrected chi connectivity index (χ2v) is 3.69. The third-order valence-corrected chi connectivity index (χ3v) is 2.94. The van der Waals surface area contributed by atoms with Gasteiger partial charge in [0, 0.05) is 11.5 Å². The van der Waals surface area contributed by atoms with Crippen LogP contribution in [-0.4, -0.2) is 12.6 Å². The number of carbonyl (C=O) groups excluding carboxylic acids is 1. The first kappa shape index (κ1) is 7.84. The Kier molecular flexibility index (Phi) is 1.91. The fourth-order valence-corrected chi connectivity index (χ4v) is 2.18. The average molecular weight is 166 g/mol. The number of fused-ring (bicyclic) bond motifs is 1.